The van der Waals surface area contributed by atoms with Gasteiger partial charge in [0.15, 0.2) is 0 Å². The zero-order valence-corrected chi connectivity index (χ0v) is 15.5. The Morgan fingerprint density at radius 3 is 1.96 bits per heavy atom. The summed E-state index contributed by atoms with van der Waals surface area (Å²) in [7, 11) is 0. The lowest BCUT2D eigenvalue weighted by molar-refractivity contribution is -0.120. The summed E-state index contributed by atoms with van der Waals surface area (Å²) in [5, 5.41) is 5.72. The Labute approximate surface area is 155 Å². The summed E-state index contributed by atoms with van der Waals surface area (Å²) in [5.74, 6) is -0.219. The van der Waals surface area contributed by atoms with Gasteiger partial charge in [0.05, 0.1) is 5.92 Å². The van der Waals surface area contributed by atoms with Crippen LogP contribution in [0.4, 0.5) is 11.4 Å². The van der Waals surface area contributed by atoms with Gasteiger partial charge in [-0.1, -0.05) is 51.1 Å². The number of nitrogens with one attached hydrogen (secondary N) is 2. The molecule has 2 rings (SSSR count). The molecule has 0 saturated carbocycles. The Kier molecular flexibility index (Phi) is 6.92. The molecule has 4 N–H and O–H groups in total. The van der Waals surface area contributed by atoms with Crippen LogP contribution in [0, 0.1) is 11.8 Å². The van der Waals surface area contributed by atoms with Gasteiger partial charge in [0.1, 0.15) is 0 Å². The van der Waals surface area contributed by atoms with E-state index in [1.165, 1.54) is 0 Å². The van der Waals surface area contributed by atoms with Crippen molar-refractivity contribution in [3.8, 4) is 0 Å². The molecule has 0 aliphatic rings. The summed E-state index contributed by atoms with van der Waals surface area (Å²) in [5.41, 5.74) is 8.51. The second kappa shape index (κ2) is 9.15. The molecule has 2 amide bonds. The molecular weight excluding hydrogens is 326 g/mol. The van der Waals surface area contributed by atoms with Crippen molar-refractivity contribution < 1.29 is 9.59 Å². The molecule has 0 aromatic heterocycles. The van der Waals surface area contributed by atoms with Crippen molar-refractivity contribution in [2.24, 2.45) is 17.6 Å². The molecule has 2 atom stereocenters. The highest BCUT2D eigenvalue weighted by Crippen LogP contribution is 2.21. The standard InChI is InChI=1S/C21H27N3O2/c1-14(2)13-19(25)23-17-9-11-18(12-10-17)24-21(26)15(3)20(22)16-7-5-4-6-8-16/h4-12,14-15,20H,13,22H2,1-3H3,(H,23,25)(H,24,26). The molecular formula is C21H27N3O2. The molecule has 0 radical (unpaired) electrons. The number of hydrogen-bond acceptors (Lipinski definition) is 3. The average molecular weight is 353 g/mol. The van der Waals surface area contributed by atoms with Gasteiger partial charge < -0.3 is 16.4 Å². The second-order valence-electron chi connectivity index (χ2n) is 6.94. The molecule has 2 unspecified atom stereocenters. The zero-order chi connectivity index (χ0) is 19.1. The van der Waals surface area contributed by atoms with E-state index < -0.39 is 0 Å². The summed E-state index contributed by atoms with van der Waals surface area (Å²) in [6, 6.07) is 16.3. The highest BCUT2D eigenvalue weighted by molar-refractivity contribution is 5.94. The zero-order valence-electron chi connectivity index (χ0n) is 15.5. The van der Waals surface area contributed by atoms with Gasteiger partial charge in [-0.3, -0.25) is 9.59 Å². The number of carbonyl (C=O) groups excluding carboxylic acids is 2. The lowest BCUT2D eigenvalue weighted by atomic mass is 9.94. The fourth-order valence-electron chi connectivity index (χ4n) is 2.60. The van der Waals surface area contributed by atoms with Crippen LogP contribution < -0.4 is 16.4 Å². The van der Waals surface area contributed by atoms with Crippen LogP contribution in [0.5, 0.6) is 0 Å². The average Bonchev–Trinajstić information content (AvgIpc) is 2.62. The minimum absolute atomic E-state index is 0.0146. The minimum atomic E-state index is -0.372. The van der Waals surface area contributed by atoms with E-state index in [1.807, 2.05) is 51.1 Å². The van der Waals surface area contributed by atoms with Crippen molar-refractivity contribution in [2.75, 3.05) is 10.6 Å². The molecule has 0 bridgehead atoms. The topological polar surface area (TPSA) is 84.2 Å². The normalized spacial score (nSPS) is 13.1. The summed E-state index contributed by atoms with van der Waals surface area (Å²) < 4.78 is 0. The van der Waals surface area contributed by atoms with E-state index in [-0.39, 0.29) is 23.8 Å². The van der Waals surface area contributed by atoms with Gasteiger partial charge >= 0.3 is 0 Å². The smallest absolute Gasteiger partial charge is 0.229 e. The van der Waals surface area contributed by atoms with Crippen LogP contribution in [0.3, 0.4) is 0 Å². The Hall–Kier alpha value is -2.66. The van der Waals surface area contributed by atoms with Gasteiger partial charge in [-0.2, -0.15) is 0 Å². The number of carbonyl (C=O) groups is 2. The number of amides is 2. The highest BCUT2D eigenvalue weighted by Gasteiger charge is 2.22. The van der Waals surface area contributed by atoms with Crippen LogP contribution in [0.25, 0.3) is 0 Å². The molecule has 26 heavy (non-hydrogen) atoms. The van der Waals surface area contributed by atoms with Crippen LogP contribution >= 0.6 is 0 Å². The largest absolute Gasteiger partial charge is 0.326 e. The maximum absolute atomic E-state index is 12.5. The summed E-state index contributed by atoms with van der Waals surface area (Å²) in [6.45, 7) is 5.81. The number of hydrogen-bond donors (Lipinski definition) is 3. The molecule has 0 heterocycles. The Morgan fingerprint density at radius 2 is 1.42 bits per heavy atom. The molecule has 0 fully saturated rings. The molecule has 2 aromatic rings. The first kappa shape index (κ1) is 19.7. The van der Waals surface area contributed by atoms with E-state index in [2.05, 4.69) is 10.6 Å². The molecule has 0 aliphatic heterocycles. The summed E-state index contributed by atoms with van der Waals surface area (Å²) in [4.78, 5) is 24.2. The van der Waals surface area contributed by atoms with Crippen molar-refractivity contribution in [3.05, 3.63) is 60.2 Å². The van der Waals surface area contributed by atoms with E-state index in [0.717, 1.165) is 5.56 Å². The van der Waals surface area contributed by atoms with Gasteiger partial charge in [0.25, 0.3) is 0 Å². The Bertz CT molecular complexity index is 727. The molecule has 2 aromatic carbocycles. The fourth-order valence-corrected chi connectivity index (χ4v) is 2.60. The van der Waals surface area contributed by atoms with E-state index in [4.69, 9.17) is 5.73 Å². The SMILES string of the molecule is CC(C)CC(=O)Nc1ccc(NC(=O)C(C)C(N)c2ccccc2)cc1. The quantitative estimate of drug-likeness (QED) is 0.705. The van der Waals surface area contributed by atoms with Gasteiger partial charge in [0, 0.05) is 23.8 Å². The monoisotopic (exact) mass is 353 g/mol. The molecule has 0 aliphatic carbocycles. The molecule has 5 heteroatoms. The van der Waals surface area contributed by atoms with Gasteiger partial charge in [-0.15, -0.1) is 0 Å². The van der Waals surface area contributed by atoms with E-state index in [1.54, 1.807) is 24.3 Å². The van der Waals surface area contributed by atoms with Crippen molar-refractivity contribution in [3.63, 3.8) is 0 Å². The molecule has 0 spiro atoms. The van der Waals surface area contributed by atoms with Crippen molar-refractivity contribution in [2.45, 2.75) is 33.2 Å². The Balaban J connectivity index is 1.93. The number of benzene rings is 2. The van der Waals surface area contributed by atoms with Gasteiger partial charge in [-0.25, -0.2) is 0 Å². The van der Waals surface area contributed by atoms with E-state index in [0.29, 0.717) is 23.7 Å². The second-order valence-corrected chi connectivity index (χ2v) is 6.94. The van der Waals surface area contributed by atoms with Crippen molar-refractivity contribution in [1.82, 2.24) is 0 Å². The van der Waals surface area contributed by atoms with Crippen molar-refractivity contribution in [1.29, 1.82) is 0 Å². The van der Waals surface area contributed by atoms with Crippen molar-refractivity contribution >= 4 is 23.2 Å². The molecule has 0 saturated heterocycles. The number of anilines is 2. The van der Waals surface area contributed by atoms with E-state index >= 15 is 0 Å². The van der Waals surface area contributed by atoms with Crippen LogP contribution in [0.1, 0.15) is 38.8 Å². The molecule has 5 nitrogen and oxygen atoms in total. The number of nitrogens with two attached hydrogens (primary N) is 1. The van der Waals surface area contributed by atoms with Crippen LogP contribution in [-0.4, -0.2) is 11.8 Å². The van der Waals surface area contributed by atoms with Crippen LogP contribution in [0.2, 0.25) is 0 Å². The predicted octanol–water partition coefficient (Wildman–Crippen LogP) is 3.95. The lowest BCUT2D eigenvalue weighted by Gasteiger charge is -2.20. The highest BCUT2D eigenvalue weighted by atomic mass is 16.2. The van der Waals surface area contributed by atoms with Crippen LogP contribution in [0.15, 0.2) is 54.6 Å². The fraction of sp³-hybridized carbons (Fsp3) is 0.333. The molecule has 138 valence electrons. The Morgan fingerprint density at radius 1 is 0.885 bits per heavy atom. The predicted molar refractivity (Wildman–Crippen MR) is 106 cm³/mol. The maximum Gasteiger partial charge on any atom is 0.229 e. The number of rotatable bonds is 7. The first-order chi connectivity index (χ1) is 12.4. The third-order valence-electron chi connectivity index (χ3n) is 4.17. The third-order valence-corrected chi connectivity index (χ3v) is 4.17. The maximum atomic E-state index is 12.5. The first-order valence-corrected chi connectivity index (χ1v) is 8.88. The van der Waals surface area contributed by atoms with Gasteiger partial charge in [0.2, 0.25) is 11.8 Å². The van der Waals surface area contributed by atoms with Crippen LogP contribution in [-0.2, 0) is 9.59 Å². The summed E-state index contributed by atoms with van der Waals surface area (Å²) in [6.07, 6.45) is 0.480. The van der Waals surface area contributed by atoms with Gasteiger partial charge in [-0.05, 0) is 35.7 Å². The lowest BCUT2D eigenvalue weighted by Crippen LogP contribution is -2.30. The third kappa shape index (κ3) is 5.70. The van der Waals surface area contributed by atoms with E-state index in [9.17, 15) is 9.59 Å². The minimum Gasteiger partial charge on any atom is -0.326 e. The summed E-state index contributed by atoms with van der Waals surface area (Å²) >= 11 is 0. The first-order valence-electron chi connectivity index (χ1n) is 8.88.